The number of hydrogen-bond acceptors (Lipinski definition) is 3. The Bertz CT molecular complexity index is 411. The van der Waals surface area contributed by atoms with Crippen molar-refractivity contribution < 1.29 is 13.6 Å². The lowest BCUT2D eigenvalue weighted by Crippen LogP contribution is -2.45. The molecule has 2 rings (SSSR count). The average Bonchev–Trinajstić information content (AvgIpc) is 2.34. The molecule has 0 aliphatic carbocycles. The highest BCUT2D eigenvalue weighted by Crippen LogP contribution is 2.22. The molecule has 1 heterocycles. The number of piperazine rings is 1. The highest BCUT2D eigenvalue weighted by molar-refractivity contribution is 5.85. The van der Waals surface area contributed by atoms with E-state index in [-0.39, 0.29) is 18.0 Å². The third kappa shape index (κ3) is 3.25. The summed E-state index contributed by atoms with van der Waals surface area (Å²) in [6.07, 6.45) is 0.710. The van der Waals surface area contributed by atoms with Gasteiger partial charge in [0.1, 0.15) is 17.9 Å². The Labute approximate surface area is 111 Å². The number of carbonyl (C=O) groups excluding carboxylic acids is 1. The Morgan fingerprint density at radius 3 is 2.50 bits per heavy atom. The van der Waals surface area contributed by atoms with E-state index >= 15 is 0 Å². The molecule has 100 valence electrons. The number of benzene rings is 1. The summed E-state index contributed by atoms with van der Waals surface area (Å²) in [5.41, 5.74) is 0.239. The monoisotopic (exact) mass is 276 g/mol. The van der Waals surface area contributed by atoms with Gasteiger partial charge in [-0.25, -0.2) is 8.78 Å². The molecule has 1 saturated heterocycles. The smallest absolute Gasteiger partial charge is 0.141 e. The summed E-state index contributed by atoms with van der Waals surface area (Å²) in [7, 11) is 0. The third-order valence-corrected chi connectivity index (χ3v) is 2.96. The Morgan fingerprint density at radius 1 is 1.28 bits per heavy atom. The SMILES string of the molecule is Cl.O=CC(c1ccc(F)cc1F)N1CCNCC1. The minimum absolute atomic E-state index is 0. The minimum Gasteiger partial charge on any atom is -0.314 e. The van der Waals surface area contributed by atoms with Gasteiger partial charge in [-0.15, -0.1) is 12.4 Å². The number of carbonyl (C=O) groups is 1. The van der Waals surface area contributed by atoms with Gasteiger partial charge in [0, 0.05) is 37.8 Å². The van der Waals surface area contributed by atoms with Crippen LogP contribution in [0.3, 0.4) is 0 Å². The second kappa shape index (κ2) is 6.78. The van der Waals surface area contributed by atoms with E-state index in [1.807, 2.05) is 4.90 Å². The van der Waals surface area contributed by atoms with Gasteiger partial charge in [-0.3, -0.25) is 4.90 Å². The maximum atomic E-state index is 13.6. The van der Waals surface area contributed by atoms with Gasteiger partial charge in [0.15, 0.2) is 0 Å². The first-order valence-corrected chi connectivity index (χ1v) is 5.57. The van der Waals surface area contributed by atoms with E-state index in [9.17, 15) is 13.6 Å². The van der Waals surface area contributed by atoms with Crippen molar-refractivity contribution in [1.29, 1.82) is 0 Å². The molecule has 0 bridgehead atoms. The first kappa shape index (κ1) is 15.0. The zero-order valence-corrected chi connectivity index (χ0v) is 10.6. The summed E-state index contributed by atoms with van der Waals surface area (Å²) in [6.45, 7) is 2.90. The van der Waals surface area contributed by atoms with Gasteiger partial charge in [-0.2, -0.15) is 0 Å². The van der Waals surface area contributed by atoms with E-state index in [1.165, 1.54) is 12.1 Å². The summed E-state index contributed by atoms with van der Waals surface area (Å²) in [5.74, 6) is -1.29. The van der Waals surface area contributed by atoms with Crippen molar-refractivity contribution in [3.05, 3.63) is 35.4 Å². The van der Waals surface area contributed by atoms with Crippen molar-refractivity contribution in [3.63, 3.8) is 0 Å². The largest absolute Gasteiger partial charge is 0.314 e. The van der Waals surface area contributed by atoms with Crippen LogP contribution >= 0.6 is 12.4 Å². The number of nitrogens with zero attached hydrogens (tertiary/aromatic N) is 1. The van der Waals surface area contributed by atoms with Gasteiger partial charge in [0.2, 0.25) is 0 Å². The predicted octanol–water partition coefficient (Wildman–Crippen LogP) is 1.53. The molecule has 1 N–H and O–H groups in total. The molecule has 1 unspecified atom stereocenters. The molecule has 1 aromatic rings. The van der Waals surface area contributed by atoms with Crippen LogP contribution in [-0.2, 0) is 4.79 Å². The van der Waals surface area contributed by atoms with Crippen molar-refractivity contribution >= 4 is 18.7 Å². The van der Waals surface area contributed by atoms with Crippen molar-refractivity contribution in [2.45, 2.75) is 6.04 Å². The van der Waals surface area contributed by atoms with Crippen LogP contribution < -0.4 is 5.32 Å². The minimum atomic E-state index is -0.666. The molecular weight excluding hydrogens is 262 g/mol. The summed E-state index contributed by atoms with van der Waals surface area (Å²) in [4.78, 5) is 13.0. The van der Waals surface area contributed by atoms with Crippen molar-refractivity contribution in [3.8, 4) is 0 Å². The van der Waals surface area contributed by atoms with Gasteiger partial charge < -0.3 is 10.1 Å². The number of hydrogen-bond donors (Lipinski definition) is 1. The molecule has 1 aliphatic rings. The second-order valence-electron chi connectivity index (χ2n) is 4.03. The Morgan fingerprint density at radius 2 is 1.94 bits per heavy atom. The van der Waals surface area contributed by atoms with E-state index in [2.05, 4.69) is 5.32 Å². The number of rotatable bonds is 3. The first-order chi connectivity index (χ1) is 8.22. The highest BCUT2D eigenvalue weighted by atomic mass is 35.5. The van der Waals surface area contributed by atoms with Crippen LogP contribution in [0.15, 0.2) is 18.2 Å². The van der Waals surface area contributed by atoms with E-state index in [0.29, 0.717) is 19.4 Å². The van der Waals surface area contributed by atoms with Crippen molar-refractivity contribution in [1.82, 2.24) is 10.2 Å². The normalized spacial score (nSPS) is 17.9. The topological polar surface area (TPSA) is 32.3 Å². The van der Waals surface area contributed by atoms with E-state index < -0.39 is 17.7 Å². The Hall–Kier alpha value is -1.04. The van der Waals surface area contributed by atoms with Crippen LogP contribution in [0.1, 0.15) is 11.6 Å². The molecule has 0 amide bonds. The van der Waals surface area contributed by atoms with Gasteiger partial charge in [0.05, 0.1) is 6.04 Å². The molecular formula is C12H15ClF2N2O. The fourth-order valence-corrected chi connectivity index (χ4v) is 2.06. The molecule has 18 heavy (non-hydrogen) atoms. The first-order valence-electron chi connectivity index (χ1n) is 5.57. The predicted molar refractivity (Wildman–Crippen MR) is 66.9 cm³/mol. The third-order valence-electron chi connectivity index (χ3n) is 2.96. The maximum Gasteiger partial charge on any atom is 0.141 e. The molecule has 6 heteroatoms. The molecule has 0 saturated carbocycles. The van der Waals surface area contributed by atoms with E-state index in [0.717, 1.165) is 19.2 Å². The van der Waals surface area contributed by atoms with Crippen molar-refractivity contribution in [2.24, 2.45) is 0 Å². The highest BCUT2D eigenvalue weighted by Gasteiger charge is 2.24. The maximum absolute atomic E-state index is 13.6. The van der Waals surface area contributed by atoms with Crippen LogP contribution in [-0.4, -0.2) is 37.4 Å². The summed E-state index contributed by atoms with van der Waals surface area (Å²) < 4.78 is 26.4. The van der Waals surface area contributed by atoms with Crippen LogP contribution in [0.25, 0.3) is 0 Å². The molecule has 1 aliphatic heterocycles. The number of nitrogens with one attached hydrogen (secondary N) is 1. The van der Waals surface area contributed by atoms with Gasteiger partial charge >= 0.3 is 0 Å². The van der Waals surface area contributed by atoms with Crippen molar-refractivity contribution in [2.75, 3.05) is 26.2 Å². The zero-order chi connectivity index (χ0) is 12.3. The lowest BCUT2D eigenvalue weighted by atomic mass is 10.0. The second-order valence-corrected chi connectivity index (χ2v) is 4.03. The fourth-order valence-electron chi connectivity index (χ4n) is 2.06. The summed E-state index contributed by atoms with van der Waals surface area (Å²) in [5, 5.41) is 3.16. The lowest BCUT2D eigenvalue weighted by Gasteiger charge is -2.32. The standard InChI is InChI=1S/C12H14F2N2O.ClH/c13-9-1-2-10(11(14)7-9)12(8-17)16-5-3-15-4-6-16;/h1-2,7-8,12,15H,3-6H2;1H. The zero-order valence-electron chi connectivity index (χ0n) is 9.73. The molecule has 1 atom stereocenters. The fraction of sp³-hybridized carbons (Fsp3) is 0.417. The lowest BCUT2D eigenvalue weighted by molar-refractivity contribution is -0.113. The molecule has 0 radical (unpaired) electrons. The van der Waals surface area contributed by atoms with Crippen LogP contribution in [0.4, 0.5) is 8.78 Å². The molecule has 0 spiro atoms. The molecule has 0 aromatic heterocycles. The number of halogens is 3. The van der Waals surface area contributed by atoms with Gasteiger partial charge in [-0.05, 0) is 6.07 Å². The molecule has 3 nitrogen and oxygen atoms in total. The van der Waals surface area contributed by atoms with E-state index in [1.54, 1.807) is 0 Å². The average molecular weight is 277 g/mol. The van der Waals surface area contributed by atoms with E-state index in [4.69, 9.17) is 0 Å². The van der Waals surface area contributed by atoms with Crippen LogP contribution in [0, 0.1) is 11.6 Å². The van der Waals surface area contributed by atoms with Crippen LogP contribution in [0.2, 0.25) is 0 Å². The summed E-state index contributed by atoms with van der Waals surface area (Å²) >= 11 is 0. The Balaban J connectivity index is 0.00000162. The number of aldehydes is 1. The Kier molecular flexibility index (Phi) is 5.65. The van der Waals surface area contributed by atoms with Crippen LogP contribution in [0.5, 0.6) is 0 Å². The molecule has 1 aromatic carbocycles. The van der Waals surface area contributed by atoms with Gasteiger partial charge in [0.25, 0.3) is 0 Å². The molecule has 1 fully saturated rings. The summed E-state index contributed by atoms with van der Waals surface area (Å²) in [6, 6.07) is 2.70. The quantitative estimate of drug-likeness (QED) is 0.850. The van der Waals surface area contributed by atoms with Gasteiger partial charge in [-0.1, -0.05) is 6.07 Å².